The van der Waals surface area contributed by atoms with Crippen molar-refractivity contribution in [1.29, 1.82) is 0 Å². The van der Waals surface area contributed by atoms with Crippen molar-refractivity contribution in [2.24, 2.45) is 5.92 Å². The number of carbonyl (C=O) groups excluding carboxylic acids is 2. The van der Waals surface area contributed by atoms with E-state index in [9.17, 15) is 9.59 Å². The number of nitrogens with zero attached hydrogens (tertiary/aromatic N) is 1. The van der Waals surface area contributed by atoms with Crippen molar-refractivity contribution in [1.82, 2.24) is 10.2 Å². The summed E-state index contributed by atoms with van der Waals surface area (Å²) >= 11 is 0. The van der Waals surface area contributed by atoms with Crippen LogP contribution in [0.25, 0.3) is 0 Å². The van der Waals surface area contributed by atoms with Crippen LogP contribution in [0.4, 0.5) is 4.79 Å². The maximum Gasteiger partial charge on any atom is 0.407 e. The van der Waals surface area contributed by atoms with Crippen molar-refractivity contribution >= 4 is 12.0 Å². The first-order valence-electron chi connectivity index (χ1n) is 8.98. The number of carbonyl (C=O) groups is 2. The topological polar surface area (TPSA) is 58.6 Å². The van der Waals surface area contributed by atoms with E-state index < -0.39 is 0 Å². The summed E-state index contributed by atoms with van der Waals surface area (Å²) in [5.74, 6) is 0.558. The van der Waals surface area contributed by atoms with Crippen LogP contribution in [0, 0.1) is 5.92 Å². The Morgan fingerprint density at radius 2 is 1.71 bits per heavy atom. The smallest absolute Gasteiger partial charge is 0.407 e. The molecule has 1 aliphatic carbocycles. The summed E-state index contributed by atoms with van der Waals surface area (Å²) < 4.78 is 5.26. The second-order valence-electron chi connectivity index (χ2n) is 6.79. The van der Waals surface area contributed by atoms with E-state index in [-0.39, 0.29) is 24.7 Å². The van der Waals surface area contributed by atoms with Crippen molar-refractivity contribution in [3.05, 3.63) is 35.9 Å². The highest BCUT2D eigenvalue weighted by atomic mass is 16.5. The van der Waals surface area contributed by atoms with Crippen LogP contribution in [0.15, 0.2) is 30.3 Å². The molecular weight excluding hydrogens is 304 g/mol. The number of nitrogens with one attached hydrogen (secondary N) is 1. The van der Waals surface area contributed by atoms with Gasteiger partial charge < -0.3 is 15.0 Å². The Morgan fingerprint density at radius 3 is 2.38 bits per heavy atom. The summed E-state index contributed by atoms with van der Waals surface area (Å²) in [6.07, 6.45) is 5.69. The number of ether oxygens (including phenoxy) is 1. The van der Waals surface area contributed by atoms with Gasteiger partial charge in [0, 0.05) is 25.0 Å². The number of piperidine rings is 1. The Bertz CT molecular complexity index is 547. The molecule has 24 heavy (non-hydrogen) atoms. The molecule has 1 aliphatic heterocycles. The zero-order valence-corrected chi connectivity index (χ0v) is 14.1. The number of amides is 2. The minimum absolute atomic E-state index is 0.0981. The molecular formula is C19H26N2O3. The summed E-state index contributed by atoms with van der Waals surface area (Å²) in [6, 6.07) is 9.74. The van der Waals surface area contributed by atoms with E-state index in [0.29, 0.717) is 5.91 Å². The van der Waals surface area contributed by atoms with Gasteiger partial charge in [-0.3, -0.25) is 4.79 Å². The van der Waals surface area contributed by atoms with Crippen molar-refractivity contribution < 1.29 is 14.3 Å². The van der Waals surface area contributed by atoms with Crippen molar-refractivity contribution in [3.8, 4) is 0 Å². The van der Waals surface area contributed by atoms with Gasteiger partial charge in [-0.05, 0) is 31.2 Å². The molecule has 0 atom stereocenters. The molecule has 1 saturated carbocycles. The normalized spacial score (nSPS) is 19.2. The summed E-state index contributed by atoms with van der Waals surface area (Å²) in [7, 11) is 0. The Balaban J connectivity index is 1.37. The summed E-state index contributed by atoms with van der Waals surface area (Å²) in [6.45, 7) is 1.75. The zero-order chi connectivity index (χ0) is 16.8. The molecule has 2 aliphatic rings. The Labute approximate surface area is 143 Å². The number of rotatable bonds is 4. The predicted molar refractivity (Wildman–Crippen MR) is 91.3 cm³/mol. The maximum atomic E-state index is 12.4. The highest BCUT2D eigenvalue weighted by Crippen LogP contribution is 2.27. The fraction of sp³-hybridized carbons (Fsp3) is 0.579. The molecule has 0 aromatic heterocycles. The van der Waals surface area contributed by atoms with E-state index in [1.165, 1.54) is 12.8 Å². The predicted octanol–water partition coefficient (Wildman–Crippen LogP) is 3.09. The fourth-order valence-corrected chi connectivity index (χ4v) is 3.61. The van der Waals surface area contributed by atoms with Crippen LogP contribution in [-0.4, -0.2) is 36.0 Å². The van der Waals surface area contributed by atoms with Crippen molar-refractivity contribution in [2.75, 3.05) is 13.1 Å². The fourth-order valence-electron chi connectivity index (χ4n) is 3.61. The average Bonchev–Trinajstić information content (AvgIpc) is 3.16. The SMILES string of the molecule is O=C(NC1CCN(C(=O)C2CCCC2)CC1)OCc1ccccc1. The largest absolute Gasteiger partial charge is 0.445 e. The molecule has 2 amide bonds. The lowest BCUT2D eigenvalue weighted by atomic mass is 10.0. The van der Waals surface area contributed by atoms with Gasteiger partial charge in [0.15, 0.2) is 0 Å². The molecule has 0 radical (unpaired) electrons. The van der Waals surface area contributed by atoms with E-state index in [0.717, 1.165) is 44.3 Å². The number of hydrogen-bond donors (Lipinski definition) is 1. The molecule has 1 saturated heterocycles. The third kappa shape index (κ3) is 4.49. The van der Waals surface area contributed by atoms with E-state index in [2.05, 4.69) is 5.32 Å². The molecule has 0 bridgehead atoms. The highest BCUT2D eigenvalue weighted by molar-refractivity contribution is 5.79. The number of benzene rings is 1. The molecule has 1 aromatic carbocycles. The lowest BCUT2D eigenvalue weighted by Gasteiger charge is -2.33. The van der Waals surface area contributed by atoms with Gasteiger partial charge in [-0.15, -0.1) is 0 Å². The van der Waals surface area contributed by atoms with E-state index >= 15 is 0 Å². The zero-order valence-electron chi connectivity index (χ0n) is 14.1. The third-order valence-electron chi connectivity index (χ3n) is 5.05. The second-order valence-corrected chi connectivity index (χ2v) is 6.79. The minimum Gasteiger partial charge on any atom is -0.445 e. The highest BCUT2D eigenvalue weighted by Gasteiger charge is 2.30. The van der Waals surface area contributed by atoms with Gasteiger partial charge in [0.2, 0.25) is 5.91 Å². The Kier molecular flexibility index (Phi) is 5.72. The number of hydrogen-bond acceptors (Lipinski definition) is 3. The van der Waals surface area contributed by atoms with Gasteiger partial charge in [-0.1, -0.05) is 43.2 Å². The molecule has 3 rings (SSSR count). The lowest BCUT2D eigenvalue weighted by molar-refractivity contribution is -0.136. The molecule has 1 N–H and O–H groups in total. The van der Waals surface area contributed by atoms with Gasteiger partial charge in [-0.2, -0.15) is 0 Å². The molecule has 130 valence electrons. The minimum atomic E-state index is -0.376. The van der Waals surface area contributed by atoms with Crippen LogP contribution in [0.5, 0.6) is 0 Å². The van der Waals surface area contributed by atoms with E-state index in [4.69, 9.17) is 4.74 Å². The lowest BCUT2D eigenvalue weighted by Crippen LogP contribution is -2.47. The average molecular weight is 330 g/mol. The first-order valence-corrected chi connectivity index (χ1v) is 8.98. The van der Waals surface area contributed by atoms with Crippen LogP contribution in [0.3, 0.4) is 0 Å². The molecule has 0 spiro atoms. The van der Waals surface area contributed by atoms with Gasteiger partial charge >= 0.3 is 6.09 Å². The van der Waals surface area contributed by atoms with Crippen LogP contribution in [-0.2, 0) is 16.1 Å². The third-order valence-corrected chi connectivity index (χ3v) is 5.05. The van der Waals surface area contributed by atoms with Crippen LogP contribution in [0.2, 0.25) is 0 Å². The summed E-state index contributed by atoms with van der Waals surface area (Å²) in [4.78, 5) is 26.3. The monoisotopic (exact) mass is 330 g/mol. The Morgan fingerprint density at radius 1 is 1.04 bits per heavy atom. The standard InChI is InChI=1S/C19H26N2O3/c22-18(16-8-4-5-9-16)21-12-10-17(11-13-21)20-19(23)24-14-15-6-2-1-3-7-15/h1-3,6-7,16-17H,4-5,8-14H2,(H,20,23). The van der Waals surface area contributed by atoms with Gasteiger partial charge in [0.05, 0.1) is 0 Å². The summed E-state index contributed by atoms with van der Waals surface area (Å²) in [5, 5.41) is 2.92. The van der Waals surface area contributed by atoms with Crippen molar-refractivity contribution in [2.45, 2.75) is 51.2 Å². The van der Waals surface area contributed by atoms with E-state index in [1.54, 1.807) is 0 Å². The maximum absolute atomic E-state index is 12.4. The van der Waals surface area contributed by atoms with Crippen LogP contribution in [0.1, 0.15) is 44.1 Å². The molecule has 0 unspecified atom stereocenters. The molecule has 5 nitrogen and oxygen atoms in total. The van der Waals surface area contributed by atoms with Gasteiger partial charge in [0.1, 0.15) is 6.61 Å². The first kappa shape index (κ1) is 16.8. The molecule has 5 heteroatoms. The van der Waals surface area contributed by atoms with Crippen molar-refractivity contribution in [3.63, 3.8) is 0 Å². The molecule has 2 fully saturated rings. The number of likely N-dealkylation sites (tertiary alicyclic amines) is 1. The van der Waals surface area contributed by atoms with Crippen LogP contribution >= 0.6 is 0 Å². The van der Waals surface area contributed by atoms with E-state index in [1.807, 2.05) is 35.2 Å². The molecule has 1 aromatic rings. The summed E-state index contributed by atoms with van der Waals surface area (Å²) in [5.41, 5.74) is 0.977. The van der Waals surface area contributed by atoms with Gasteiger partial charge in [0.25, 0.3) is 0 Å². The van der Waals surface area contributed by atoms with Crippen LogP contribution < -0.4 is 5.32 Å². The molecule has 1 heterocycles. The quantitative estimate of drug-likeness (QED) is 0.923. The Hall–Kier alpha value is -2.04. The number of alkyl carbamates (subject to hydrolysis) is 1. The first-order chi connectivity index (χ1) is 11.7. The second kappa shape index (κ2) is 8.18. The van der Waals surface area contributed by atoms with Gasteiger partial charge in [-0.25, -0.2) is 4.79 Å².